The van der Waals surface area contributed by atoms with E-state index in [4.69, 9.17) is 14.9 Å². The zero-order valence-electron chi connectivity index (χ0n) is 36.8. The van der Waals surface area contributed by atoms with Crippen LogP contribution in [0.3, 0.4) is 0 Å². The van der Waals surface area contributed by atoms with E-state index in [0.717, 1.165) is 72.4 Å². The van der Waals surface area contributed by atoms with E-state index in [-0.39, 0.29) is 48.3 Å². The maximum Gasteiger partial charge on any atom is 0.301 e. The van der Waals surface area contributed by atoms with Gasteiger partial charge in [0.05, 0.1) is 29.7 Å². The fourth-order valence-electron chi connectivity index (χ4n) is 8.33. The van der Waals surface area contributed by atoms with Gasteiger partial charge >= 0.3 is 10.2 Å². The van der Waals surface area contributed by atoms with Gasteiger partial charge in [0.25, 0.3) is 6.47 Å². The Hall–Kier alpha value is -6.91. The summed E-state index contributed by atoms with van der Waals surface area (Å²) in [5.41, 5.74) is 1.84. The Balaban J connectivity index is 0.00000216. The van der Waals surface area contributed by atoms with Crippen LogP contribution in [0, 0.1) is 11.6 Å². The summed E-state index contributed by atoms with van der Waals surface area (Å²) in [5, 5.41) is 15.9. The van der Waals surface area contributed by atoms with Crippen LogP contribution in [0.15, 0.2) is 67.3 Å². The first kappa shape index (κ1) is 48.0. The molecule has 0 bridgehead atoms. The summed E-state index contributed by atoms with van der Waals surface area (Å²) >= 11 is 0. The normalized spacial score (nSPS) is 17.4. The molecule has 3 aliphatic rings. The highest BCUT2D eigenvalue weighted by Gasteiger charge is 2.30. The summed E-state index contributed by atoms with van der Waals surface area (Å²) in [6.07, 6.45) is 10.4. The lowest BCUT2D eigenvalue weighted by Gasteiger charge is -2.34. The quantitative estimate of drug-likeness (QED) is 0.0523. The van der Waals surface area contributed by atoms with Gasteiger partial charge in [-0.1, -0.05) is 6.92 Å². The number of imide groups is 1. The molecule has 354 valence electrons. The lowest BCUT2D eigenvalue weighted by molar-refractivity contribution is -0.133. The minimum absolute atomic E-state index is 0.00549. The largest absolute Gasteiger partial charge is 0.483 e. The predicted octanol–water partition coefficient (Wildman–Crippen LogP) is 4.02. The smallest absolute Gasteiger partial charge is 0.301 e. The van der Waals surface area contributed by atoms with Crippen molar-refractivity contribution in [1.82, 2.24) is 39.8 Å². The highest BCUT2D eigenvalue weighted by Crippen LogP contribution is 2.31. The van der Waals surface area contributed by atoms with Crippen LogP contribution in [0.25, 0.3) is 22.2 Å². The number of rotatable bonds is 14. The zero-order chi connectivity index (χ0) is 47.8. The standard InChI is InChI=1S/C44H49F2N11O6S.CH2O2/c1-3-55(2)64(62,63)54-35-8-6-33(45)40(41(35)46)42(60)32-24-50-43-31(32)20-28(22-49-43)27-4-10-37(48-21-27)57-18-14-29(15-19-57)52-39(59)25-56-16-12-26(13-17-56)34-7-5-30(23-47-34)51-36-9-11-38(58)53-44(36)61;2-1-3/h4-8,10,20-24,26,29,36,51,54H,3,9,11-19,25H2,1-2H3,(H,49,50)(H,52,59)(H,53,58,61);1H,(H,2,3). The fraction of sp³-hybridized carbons (Fsp3) is 0.378. The number of carbonyl (C=O) groups is 5. The number of carbonyl (C=O) groups excluding carboxylic acids is 4. The summed E-state index contributed by atoms with van der Waals surface area (Å²) in [6, 6.07) is 10.7. The summed E-state index contributed by atoms with van der Waals surface area (Å²) < 4.78 is 58.8. The second-order valence-electron chi connectivity index (χ2n) is 16.5. The molecule has 19 nitrogen and oxygen atoms in total. The van der Waals surface area contributed by atoms with Crippen molar-refractivity contribution >= 4 is 68.4 Å². The van der Waals surface area contributed by atoms with Crippen molar-refractivity contribution in [1.29, 1.82) is 0 Å². The summed E-state index contributed by atoms with van der Waals surface area (Å²) in [4.78, 5) is 79.6. The Bertz CT molecular complexity index is 2730. The van der Waals surface area contributed by atoms with Gasteiger partial charge in [-0.2, -0.15) is 12.7 Å². The first-order valence-electron chi connectivity index (χ1n) is 21.8. The van der Waals surface area contributed by atoms with Gasteiger partial charge in [0, 0.05) is 91.4 Å². The summed E-state index contributed by atoms with van der Waals surface area (Å²) in [5.74, 6) is -2.99. The fourth-order valence-corrected chi connectivity index (χ4v) is 9.27. The molecule has 1 unspecified atom stereocenters. The van der Waals surface area contributed by atoms with E-state index >= 15 is 8.78 Å². The van der Waals surface area contributed by atoms with Crippen molar-refractivity contribution in [3.63, 3.8) is 0 Å². The van der Waals surface area contributed by atoms with Gasteiger partial charge in [-0.05, 0) is 87.7 Å². The summed E-state index contributed by atoms with van der Waals surface area (Å²) in [7, 11) is -2.85. The highest BCUT2D eigenvalue weighted by atomic mass is 32.2. The SMILES string of the molecule is CCN(C)S(=O)(=O)Nc1ccc(F)c(C(=O)c2c[nH]c3ncc(-c4ccc(N5CCC(NC(=O)CN6CCC(c7ccc(NC8CCC(=O)NC8=O)cn7)CC6)CC5)nc4)cc23)c1F.O=CO. The molecule has 0 spiro atoms. The predicted molar refractivity (Wildman–Crippen MR) is 244 cm³/mol. The molecule has 8 rings (SSSR count). The number of hydrogen-bond acceptors (Lipinski definition) is 13. The van der Waals surface area contributed by atoms with Gasteiger partial charge in [0.1, 0.15) is 23.3 Å². The first-order chi connectivity index (χ1) is 32.2. The van der Waals surface area contributed by atoms with Crippen molar-refractivity contribution in [3.05, 3.63) is 95.7 Å². The second-order valence-corrected chi connectivity index (χ2v) is 18.2. The van der Waals surface area contributed by atoms with Gasteiger partial charge in [-0.25, -0.2) is 18.7 Å². The van der Waals surface area contributed by atoms with Crippen molar-refractivity contribution in [2.24, 2.45) is 0 Å². The number of likely N-dealkylation sites (tertiary alicyclic amines) is 1. The number of ketones is 1. The van der Waals surface area contributed by atoms with Crippen LogP contribution in [0.5, 0.6) is 0 Å². The number of amides is 3. The molecule has 4 aromatic heterocycles. The molecule has 3 amide bonds. The number of pyridine rings is 3. The zero-order valence-corrected chi connectivity index (χ0v) is 37.6. The van der Waals surface area contributed by atoms with Crippen LogP contribution < -0.4 is 25.6 Å². The average molecular weight is 944 g/mol. The van der Waals surface area contributed by atoms with Crippen molar-refractivity contribution < 1.29 is 46.3 Å². The van der Waals surface area contributed by atoms with E-state index in [1.807, 2.05) is 24.3 Å². The lowest BCUT2D eigenvalue weighted by Crippen LogP contribution is -2.48. The molecule has 3 aliphatic heterocycles. The number of carboxylic acid groups (broad SMARTS) is 1. The minimum Gasteiger partial charge on any atom is -0.483 e. The average Bonchev–Trinajstić information content (AvgIpc) is 3.75. The van der Waals surface area contributed by atoms with Crippen LogP contribution in [-0.4, -0.2) is 131 Å². The number of hydrogen-bond donors (Lipinski definition) is 6. The second kappa shape index (κ2) is 21.2. The Morgan fingerprint density at radius 3 is 2.33 bits per heavy atom. The van der Waals surface area contributed by atoms with Gasteiger partial charge in [-0.3, -0.25) is 43.9 Å². The Morgan fingerprint density at radius 2 is 1.67 bits per heavy atom. The monoisotopic (exact) mass is 943 g/mol. The van der Waals surface area contributed by atoms with E-state index in [1.165, 1.54) is 13.2 Å². The van der Waals surface area contributed by atoms with Crippen molar-refractivity contribution in [3.8, 4) is 11.1 Å². The van der Waals surface area contributed by atoms with E-state index in [2.05, 4.69) is 45.4 Å². The molecule has 3 fully saturated rings. The Labute approximate surface area is 384 Å². The summed E-state index contributed by atoms with van der Waals surface area (Å²) in [6.45, 7) is 4.74. The number of H-pyrrole nitrogens is 1. The topological polar surface area (TPSA) is 252 Å². The van der Waals surface area contributed by atoms with E-state index in [9.17, 15) is 27.6 Å². The molecule has 3 saturated heterocycles. The number of piperidine rings is 3. The van der Waals surface area contributed by atoms with E-state index < -0.39 is 44.9 Å². The van der Waals surface area contributed by atoms with Crippen LogP contribution in [-0.2, 0) is 29.4 Å². The van der Waals surface area contributed by atoms with E-state index in [0.29, 0.717) is 54.6 Å². The van der Waals surface area contributed by atoms with Crippen LogP contribution in [0.1, 0.15) is 73.0 Å². The number of aromatic amines is 1. The van der Waals surface area contributed by atoms with Crippen LogP contribution in [0.2, 0.25) is 0 Å². The number of anilines is 3. The molecule has 6 N–H and O–H groups in total. The molecular formula is C45H51F2N11O8S. The number of aromatic nitrogens is 4. The van der Waals surface area contributed by atoms with Crippen molar-refractivity contribution in [2.45, 2.75) is 63.5 Å². The molecule has 5 aromatic rings. The molecular weight excluding hydrogens is 893 g/mol. The molecule has 22 heteroatoms. The minimum atomic E-state index is -4.15. The third kappa shape index (κ3) is 11.4. The van der Waals surface area contributed by atoms with Crippen molar-refractivity contribution in [2.75, 3.05) is 61.3 Å². The van der Waals surface area contributed by atoms with E-state index in [1.54, 1.807) is 31.6 Å². The molecule has 0 radical (unpaired) electrons. The highest BCUT2D eigenvalue weighted by molar-refractivity contribution is 7.90. The Morgan fingerprint density at radius 1 is 0.940 bits per heavy atom. The number of nitrogens with zero attached hydrogens (tertiary/aromatic N) is 6. The van der Waals surface area contributed by atoms with Crippen LogP contribution in [0.4, 0.5) is 26.0 Å². The number of nitrogens with one attached hydrogen (secondary N) is 5. The molecule has 67 heavy (non-hydrogen) atoms. The first-order valence-corrected chi connectivity index (χ1v) is 23.2. The van der Waals surface area contributed by atoms with Crippen LogP contribution >= 0.6 is 0 Å². The Kier molecular flexibility index (Phi) is 15.2. The van der Waals surface area contributed by atoms with Gasteiger partial charge < -0.3 is 25.6 Å². The van der Waals surface area contributed by atoms with Gasteiger partial charge in [0.2, 0.25) is 23.5 Å². The van der Waals surface area contributed by atoms with Gasteiger partial charge in [-0.15, -0.1) is 0 Å². The third-order valence-electron chi connectivity index (χ3n) is 12.2. The maximum atomic E-state index is 15.6. The maximum absolute atomic E-state index is 15.6. The molecule has 0 saturated carbocycles. The third-order valence-corrected chi connectivity index (χ3v) is 13.7. The van der Waals surface area contributed by atoms with Gasteiger partial charge in [0.15, 0.2) is 5.82 Å². The number of halogens is 2. The lowest BCUT2D eigenvalue weighted by atomic mass is 9.93. The molecule has 0 aliphatic carbocycles. The molecule has 7 heterocycles. The number of fused-ring (bicyclic) bond motifs is 1. The number of benzene rings is 1. The molecule has 1 aromatic carbocycles. The molecule has 1 atom stereocenters.